The third-order valence-corrected chi connectivity index (χ3v) is 3.51. The van der Waals surface area contributed by atoms with Crippen LogP contribution >= 0.6 is 0 Å². The van der Waals surface area contributed by atoms with Crippen molar-refractivity contribution in [2.75, 3.05) is 13.7 Å². The molecule has 0 aromatic rings. The van der Waals surface area contributed by atoms with Crippen LogP contribution in [-0.2, 0) is 23.9 Å². The number of alkyl halides is 1. The lowest BCUT2D eigenvalue weighted by atomic mass is 9.99. The van der Waals surface area contributed by atoms with Crippen molar-refractivity contribution in [2.45, 2.75) is 51.6 Å². The fourth-order valence-corrected chi connectivity index (χ4v) is 2.39. The number of carbonyl (C=O) groups is 3. The van der Waals surface area contributed by atoms with Crippen molar-refractivity contribution < 1.29 is 28.2 Å². The standard InChI is InChI=1S/C14H23FN2O5/c1-4-5-12(15)22-14(20)10-6-9(13(19)21-3)11(17-10)7-16-8(2)18/h9-12,17H,4-7H2,1-3H3,(H,16,18)/t9-,10-,11+,12?/m1/s1. The smallest absolute Gasteiger partial charge is 0.325 e. The van der Waals surface area contributed by atoms with Crippen molar-refractivity contribution in [3.8, 4) is 0 Å². The molecule has 7 nitrogen and oxygen atoms in total. The molecule has 1 unspecified atom stereocenters. The summed E-state index contributed by atoms with van der Waals surface area (Å²) < 4.78 is 22.8. The summed E-state index contributed by atoms with van der Waals surface area (Å²) in [5.74, 6) is -2.06. The van der Waals surface area contributed by atoms with Crippen LogP contribution in [0.25, 0.3) is 0 Å². The van der Waals surface area contributed by atoms with E-state index in [2.05, 4.69) is 10.6 Å². The first kappa shape index (κ1) is 18.3. The van der Waals surface area contributed by atoms with Crippen molar-refractivity contribution >= 4 is 17.8 Å². The van der Waals surface area contributed by atoms with Crippen LogP contribution in [0, 0.1) is 5.92 Å². The second-order valence-electron chi connectivity index (χ2n) is 5.26. The molecule has 0 radical (unpaired) electrons. The fraction of sp³-hybridized carbons (Fsp3) is 0.786. The van der Waals surface area contributed by atoms with Gasteiger partial charge in [0.1, 0.15) is 6.04 Å². The first-order valence-electron chi connectivity index (χ1n) is 7.31. The van der Waals surface area contributed by atoms with Gasteiger partial charge in [0.2, 0.25) is 12.3 Å². The van der Waals surface area contributed by atoms with Crippen LogP contribution in [0.2, 0.25) is 0 Å². The molecule has 0 spiro atoms. The quantitative estimate of drug-likeness (QED) is 0.655. The van der Waals surface area contributed by atoms with Crippen LogP contribution in [0.4, 0.5) is 4.39 Å². The zero-order valence-corrected chi connectivity index (χ0v) is 13.1. The second kappa shape index (κ2) is 8.67. The molecule has 1 fully saturated rings. The largest absolute Gasteiger partial charge is 0.469 e. The molecule has 1 amide bonds. The van der Waals surface area contributed by atoms with Crippen LogP contribution in [0.1, 0.15) is 33.1 Å². The number of rotatable bonds is 7. The highest BCUT2D eigenvalue weighted by Gasteiger charge is 2.43. The Morgan fingerprint density at radius 1 is 1.36 bits per heavy atom. The van der Waals surface area contributed by atoms with Crippen molar-refractivity contribution in [2.24, 2.45) is 5.92 Å². The number of hydrogen-bond acceptors (Lipinski definition) is 6. The van der Waals surface area contributed by atoms with E-state index >= 15 is 0 Å². The summed E-state index contributed by atoms with van der Waals surface area (Å²) >= 11 is 0. The Morgan fingerprint density at radius 3 is 2.59 bits per heavy atom. The van der Waals surface area contributed by atoms with E-state index in [-0.39, 0.29) is 25.3 Å². The van der Waals surface area contributed by atoms with Gasteiger partial charge in [0.15, 0.2) is 0 Å². The first-order chi connectivity index (χ1) is 10.4. The molecule has 8 heteroatoms. The van der Waals surface area contributed by atoms with Gasteiger partial charge in [0, 0.05) is 25.9 Å². The summed E-state index contributed by atoms with van der Waals surface area (Å²) in [5, 5.41) is 5.48. The normalized spacial score (nSPS) is 25.4. The van der Waals surface area contributed by atoms with Gasteiger partial charge in [-0.05, 0) is 12.8 Å². The van der Waals surface area contributed by atoms with Gasteiger partial charge in [-0.2, -0.15) is 0 Å². The topological polar surface area (TPSA) is 93.7 Å². The zero-order chi connectivity index (χ0) is 16.7. The van der Waals surface area contributed by atoms with Crippen LogP contribution in [0.3, 0.4) is 0 Å². The molecule has 1 saturated heterocycles. The van der Waals surface area contributed by atoms with Gasteiger partial charge in [-0.25, -0.2) is 4.39 Å². The van der Waals surface area contributed by atoms with Crippen molar-refractivity contribution in [1.82, 2.24) is 10.6 Å². The molecule has 0 aromatic heterocycles. The van der Waals surface area contributed by atoms with Crippen molar-refractivity contribution in [3.63, 3.8) is 0 Å². The van der Waals surface area contributed by atoms with Gasteiger partial charge in [-0.1, -0.05) is 6.92 Å². The summed E-state index contributed by atoms with van der Waals surface area (Å²) in [6.45, 7) is 3.31. The van der Waals surface area contributed by atoms with Crippen LogP contribution in [-0.4, -0.2) is 49.9 Å². The molecule has 0 aliphatic carbocycles. The van der Waals surface area contributed by atoms with E-state index in [1.54, 1.807) is 6.92 Å². The molecule has 0 bridgehead atoms. The van der Waals surface area contributed by atoms with Gasteiger partial charge in [-0.15, -0.1) is 0 Å². The lowest BCUT2D eigenvalue weighted by molar-refractivity contribution is -0.160. The van der Waals surface area contributed by atoms with E-state index in [1.807, 2.05) is 0 Å². The third kappa shape index (κ3) is 5.25. The number of halogens is 1. The van der Waals surface area contributed by atoms with Crippen LogP contribution in [0.15, 0.2) is 0 Å². The van der Waals surface area contributed by atoms with E-state index in [0.717, 1.165) is 0 Å². The summed E-state index contributed by atoms with van der Waals surface area (Å²) in [7, 11) is 1.25. The van der Waals surface area contributed by atoms with Crippen molar-refractivity contribution in [3.05, 3.63) is 0 Å². The molecule has 1 heterocycles. The summed E-state index contributed by atoms with van der Waals surface area (Å²) in [5.41, 5.74) is 0. The van der Waals surface area contributed by atoms with Gasteiger partial charge in [-0.3, -0.25) is 19.7 Å². The average Bonchev–Trinajstić information content (AvgIpc) is 2.88. The monoisotopic (exact) mass is 318 g/mol. The lowest BCUT2D eigenvalue weighted by Crippen LogP contribution is -2.45. The van der Waals surface area contributed by atoms with Gasteiger partial charge >= 0.3 is 11.9 Å². The number of hydrogen-bond donors (Lipinski definition) is 2. The predicted molar refractivity (Wildman–Crippen MR) is 75.4 cm³/mol. The maximum atomic E-state index is 13.4. The van der Waals surface area contributed by atoms with Gasteiger partial charge in [0.05, 0.1) is 13.0 Å². The maximum Gasteiger partial charge on any atom is 0.325 e. The highest BCUT2D eigenvalue weighted by molar-refractivity contribution is 5.80. The lowest BCUT2D eigenvalue weighted by Gasteiger charge is -2.17. The van der Waals surface area contributed by atoms with Gasteiger partial charge < -0.3 is 14.8 Å². The SMILES string of the molecule is CCCC(F)OC(=O)[C@H]1C[C@@H](C(=O)OC)[C@H](CNC(C)=O)N1. The number of ether oxygens (including phenoxy) is 2. The van der Waals surface area contributed by atoms with E-state index < -0.39 is 36.3 Å². The molecule has 2 N–H and O–H groups in total. The van der Waals surface area contributed by atoms with Gasteiger partial charge in [0.25, 0.3) is 0 Å². The molecule has 4 atom stereocenters. The molecular formula is C14H23FN2O5. The van der Waals surface area contributed by atoms with E-state index in [9.17, 15) is 18.8 Å². The number of nitrogens with one attached hydrogen (secondary N) is 2. The van der Waals surface area contributed by atoms with E-state index in [1.165, 1.54) is 14.0 Å². The molecular weight excluding hydrogens is 295 g/mol. The van der Waals surface area contributed by atoms with E-state index in [4.69, 9.17) is 9.47 Å². The Bertz CT molecular complexity index is 418. The summed E-state index contributed by atoms with van der Waals surface area (Å²) in [4.78, 5) is 34.7. The highest BCUT2D eigenvalue weighted by Crippen LogP contribution is 2.23. The van der Waals surface area contributed by atoms with Crippen molar-refractivity contribution in [1.29, 1.82) is 0 Å². The first-order valence-corrected chi connectivity index (χ1v) is 7.31. The zero-order valence-electron chi connectivity index (χ0n) is 13.1. The molecule has 1 aliphatic rings. The Balaban J connectivity index is 2.65. The van der Waals surface area contributed by atoms with Crippen LogP contribution < -0.4 is 10.6 Å². The molecule has 1 aliphatic heterocycles. The predicted octanol–water partition coefficient (Wildman–Crippen LogP) is 0.281. The molecule has 1 rings (SSSR count). The Hall–Kier alpha value is -1.70. The molecule has 0 aromatic carbocycles. The Morgan fingerprint density at radius 2 is 2.05 bits per heavy atom. The number of esters is 2. The summed E-state index contributed by atoms with van der Waals surface area (Å²) in [6, 6.07) is -1.25. The van der Waals surface area contributed by atoms with E-state index in [0.29, 0.717) is 6.42 Å². The van der Waals surface area contributed by atoms with Crippen LogP contribution in [0.5, 0.6) is 0 Å². The Kier molecular flexibility index (Phi) is 7.23. The maximum absolute atomic E-state index is 13.4. The minimum Gasteiger partial charge on any atom is -0.469 e. The third-order valence-electron chi connectivity index (χ3n) is 3.51. The molecule has 22 heavy (non-hydrogen) atoms. The number of amides is 1. The average molecular weight is 318 g/mol. The minimum absolute atomic E-state index is 0.133. The Labute approximate surface area is 128 Å². The summed E-state index contributed by atoms with van der Waals surface area (Å²) in [6.07, 6.45) is -0.809. The number of methoxy groups -OCH3 is 1. The fourth-order valence-electron chi connectivity index (χ4n) is 2.39. The molecule has 0 saturated carbocycles. The molecule has 126 valence electrons. The minimum atomic E-state index is -1.65. The second-order valence-corrected chi connectivity index (χ2v) is 5.26. The number of carbonyl (C=O) groups excluding carboxylic acids is 3. The highest BCUT2D eigenvalue weighted by atomic mass is 19.1.